The Kier molecular flexibility index (Phi) is 5.13. The van der Waals surface area contributed by atoms with Gasteiger partial charge in [-0.15, -0.1) is 0 Å². The normalized spacial score (nSPS) is 10.2. The minimum absolute atomic E-state index is 0.0975. The number of nitrogens with one attached hydrogen (secondary N) is 2. The molecule has 0 aliphatic carbocycles. The van der Waals surface area contributed by atoms with Gasteiger partial charge in [0, 0.05) is 31.9 Å². The summed E-state index contributed by atoms with van der Waals surface area (Å²) < 4.78 is 1.72. The van der Waals surface area contributed by atoms with Crippen LogP contribution in [0.4, 0.5) is 4.79 Å². The van der Waals surface area contributed by atoms with Crippen molar-refractivity contribution in [2.24, 2.45) is 7.05 Å². The predicted octanol–water partition coefficient (Wildman–Crippen LogP) is 1.36. The van der Waals surface area contributed by atoms with Gasteiger partial charge in [-0.3, -0.25) is 9.48 Å². The first-order valence-electron chi connectivity index (χ1n) is 6.86. The van der Waals surface area contributed by atoms with Crippen LogP contribution in [0.2, 0.25) is 0 Å². The Bertz CT molecular complexity index is 666. The first kappa shape index (κ1) is 15.6. The van der Waals surface area contributed by atoms with Crippen molar-refractivity contribution in [3.05, 3.63) is 42.2 Å². The highest BCUT2D eigenvalue weighted by molar-refractivity contribution is 5.75. The number of amides is 2. The van der Waals surface area contributed by atoms with Crippen LogP contribution in [0.25, 0.3) is 11.1 Å². The Morgan fingerprint density at radius 1 is 1.27 bits per heavy atom. The quantitative estimate of drug-likeness (QED) is 0.750. The Labute approximate surface area is 128 Å². The number of benzene rings is 1. The first-order chi connectivity index (χ1) is 10.6. The Hall–Kier alpha value is -2.83. The molecule has 0 fully saturated rings. The number of carbonyl (C=O) groups excluding carboxylic acids is 1. The summed E-state index contributed by atoms with van der Waals surface area (Å²) in [7, 11) is 1.85. The third kappa shape index (κ3) is 4.34. The summed E-state index contributed by atoms with van der Waals surface area (Å²) in [6.07, 6.45) is 3.58. The lowest BCUT2D eigenvalue weighted by molar-refractivity contribution is -0.136. The van der Waals surface area contributed by atoms with Crippen LogP contribution in [-0.4, -0.2) is 33.4 Å². The third-order valence-corrected chi connectivity index (χ3v) is 3.10. The van der Waals surface area contributed by atoms with E-state index >= 15 is 0 Å². The van der Waals surface area contributed by atoms with E-state index in [0.29, 0.717) is 6.54 Å². The van der Waals surface area contributed by atoms with E-state index in [1.165, 1.54) is 0 Å². The molecule has 2 rings (SSSR count). The summed E-state index contributed by atoms with van der Waals surface area (Å²) in [5.41, 5.74) is 2.94. The first-order valence-corrected chi connectivity index (χ1v) is 6.86. The molecule has 2 amide bonds. The van der Waals surface area contributed by atoms with Crippen LogP contribution in [0.3, 0.4) is 0 Å². The molecule has 0 radical (unpaired) electrons. The van der Waals surface area contributed by atoms with Gasteiger partial charge in [0.1, 0.15) is 0 Å². The van der Waals surface area contributed by atoms with E-state index in [1.54, 1.807) is 10.9 Å². The van der Waals surface area contributed by atoms with Crippen molar-refractivity contribution < 1.29 is 14.7 Å². The van der Waals surface area contributed by atoms with Crippen molar-refractivity contribution in [2.75, 3.05) is 6.54 Å². The van der Waals surface area contributed by atoms with Gasteiger partial charge in [-0.2, -0.15) is 5.10 Å². The Morgan fingerprint density at radius 3 is 2.73 bits per heavy atom. The number of aryl methyl sites for hydroxylation is 1. The summed E-state index contributed by atoms with van der Waals surface area (Å²) >= 11 is 0. The number of carboxylic acid groups (broad SMARTS) is 1. The second-order valence-electron chi connectivity index (χ2n) is 4.81. The van der Waals surface area contributed by atoms with Crippen LogP contribution in [-0.2, 0) is 18.4 Å². The van der Waals surface area contributed by atoms with Gasteiger partial charge in [0.05, 0.1) is 12.6 Å². The van der Waals surface area contributed by atoms with Crippen LogP contribution >= 0.6 is 0 Å². The van der Waals surface area contributed by atoms with Gasteiger partial charge in [0.2, 0.25) is 0 Å². The molecular formula is C15H18N4O3. The minimum atomic E-state index is -0.942. The lowest BCUT2D eigenvalue weighted by atomic mass is 10.0. The zero-order valence-corrected chi connectivity index (χ0v) is 12.2. The number of nitrogens with zero attached hydrogens (tertiary/aromatic N) is 2. The van der Waals surface area contributed by atoms with Crippen LogP contribution in [0.5, 0.6) is 0 Å². The van der Waals surface area contributed by atoms with Gasteiger partial charge in [-0.05, 0) is 11.1 Å². The highest BCUT2D eigenvalue weighted by atomic mass is 16.4. The summed E-state index contributed by atoms with van der Waals surface area (Å²) in [5, 5.41) is 17.9. The number of aliphatic carboxylic acids is 1. The molecule has 1 aromatic carbocycles. The minimum Gasteiger partial charge on any atom is -0.481 e. The molecule has 2 aromatic rings. The molecule has 7 nitrogen and oxygen atoms in total. The maximum Gasteiger partial charge on any atom is 0.315 e. The number of hydrogen-bond acceptors (Lipinski definition) is 3. The zero-order chi connectivity index (χ0) is 15.9. The molecule has 0 saturated carbocycles. The second-order valence-corrected chi connectivity index (χ2v) is 4.81. The average molecular weight is 302 g/mol. The molecule has 0 aliphatic rings. The molecule has 0 atom stereocenters. The number of hydrogen-bond donors (Lipinski definition) is 3. The molecule has 0 saturated heterocycles. The highest BCUT2D eigenvalue weighted by Crippen LogP contribution is 2.22. The van der Waals surface area contributed by atoms with Crippen LogP contribution in [0.1, 0.15) is 12.0 Å². The van der Waals surface area contributed by atoms with Gasteiger partial charge in [-0.1, -0.05) is 24.3 Å². The average Bonchev–Trinajstić information content (AvgIpc) is 2.91. The summed E-state index contributed by atoms with van der Waals surface area (Å²) in [4.78, 5) is 22.0. The van der Waals surface area contributed by atoms with Crippen molar-refractivity contribution >= 4 is 12.0 Å². The molecule has 7 heteroatoms. The van der Waals surface area contributed by atoms with Crippen molar-refractivity contribution in [3.8, 4) is 11.1 Å². The van der Waals surface area contributed by atoms with Gasteiger partial charge < -0.3 is 15.7 Å². The van der Waals surface area contributed by atoms with E-state index in [1.807, 2.05) is 37.5 Å². The fraction of sp³-hybridized carbons (Fsp3) is 0.267. The molecule has 22 heavy (non-hydrogen) atoms. The monoisotopic (exact) mass is 302 g/mol. The zero-order valence-electron chi connectivity index (χ0n) is 12.2. The van der Waals surface area contributed by atoms with Gasteiger partial charge >= 0.3 is 12.0 Å². The van der Waals surface area contributed by atoms with Crippen molar-refractivity contribution in [1.29, 1.82) is 0 Å². The van der Waals surface area contributed by atoms with Crippen molar-refractivity contribution in [1.82, 2.24) is 20.4 Å². The van der Waals surface area contributed by atoms with Crippen molar-refractivity contribution in [2.45, 2.75) is 13.0 Å². The van der Waals surface area contributed by atoms with Gasteiger partial charge in [-0.25, -0.2) is 4.79 Å². The van der Waals surface area contributed by atoms with Crippen LogP contribution < -0.4 is 10.6 Å². The fourth-order valence-electron chi connectivity index (χ4n) is 2.04. The molecule has 3 N–H and O–H groups in total. The van der Waals surface area contributed by atoms with E-state index in [0.717, 1.165) is 16.7 Å². The smallest absolute Gasteiger partial charge is 0.315 e. The maximum atomic E-state index is 11.6. The lowest BCUT2D eigenvalue weighted by Crippen LogP contribution is -2.36. The van der Waals surface area contributed by atoms with Gasteiger partial charge in [0.25, 0.3) is 0 Å². The molecule has 116 valence electrons. The standard InChI is InChI=1S/C15H18N4O3/c1-19-10-12(9-18-19)13-5-3-2-4-11(13)8-17-15(22)16-7-6-14(20)21/h2-5,9-10H,6-8H2,1H3,(H,20,21)(H2,16,17,22). The SMILES string of the molecule is Cn1cc(-c2ccccc2CNC(=O)NCCC(=O)O)cn1. The summed E-state index contributed by atoms with van der Waals surface area (Å²) in [6, 6.07) is 7.34. The van der Waals surface area contributed by atoms with E-state index in [4.69, 9.17) is 5.11 Å². The molecule has 0 spiro atoms. The molecular weight excluding hydrogens is 284 g/mol. The largest absolute Gasteiger partial charge is 0.481 e. The van der Waals surface area contributed by atoms with Crippen LogP contribution in [0, 0.1) is 0 Å². The number of aromatic nitrogens is 2. The molecule has 0 aliphatic heterocycles. The van der Waals surface area contributed by atoms with Gasteiger partial charge in [0.15, 0.2) is 0 Å². The molecule has 0 unspecified atom stereocenters. The highest BCUT2D eigenvalue weighted by Gasteiger charge is 2.08. The fourth-order valence-corrected chi connectivity index (χ4v) is 2.04. The number of urea groups is 1. The second kappa shape index (κ2) is 7.26. The number of carboxylic acids is 1. The molecule has 1 aromatic heterocycles. The van der Waals surface area contributed by atoms with E-state index in [9.17, 15) is 9.59 Å². The third-order valence-electron chi connectivity index (χ3n) is 3.10. The van der Waals surface area contributed by atoms with E-state index in [2.05, 4.69) is 15.7 Å². The van der Waals surface area contributed by atoms with Crippen LogP contribution in [0.15, 0.2) is 36.7 Å². The summed E-state index contributed by atoms with van der Waals surface area (Å²) in [6.45, 7) is 0.454. The van der Waals surface area contributed by atoms with E-state index < -0.39 is 5.97 Å². The Balaban J connectivity index is 1.96. The molecule has 0 bridgehead atoms. The lowest BCUT2D eigenvalue weighted by Gasteiger charge is -2.10. The predicted molar refractivity (Wildman–Crippen MR) is 81.1 cm³/mol. The Morgan fingerprint density at radius 2 is 2.05 bits per heavy atom. The van der Waals surface area contributed by atoms with E-state index in [-0.39, 0.29) is 19.0 Å². The maximum absolute atomic E-state index is 11.6. The number of carbonyl (C=O) groups is 2. The van der Waals surface area contributed by atoms with Crippen molar-refractivity contribution in [3.63, 3.8) is 0 Å². The molecule has 1 heterocycles. The number of rotatable bonds is 6. The summed E-state index contributed by atoms with van der Waals surface area (Å²) in [5.74, 6) is -0.942. The topological polar surface area (TPSA) is 96.2 Å².